The zero-order valence-corrected chi connectivity index (χ0v) is 10.3. The van der Waals surface area contributed by atoms with Gasteiger partial charge in [0, 0.05) is 13.2 Å². The maximum Gasteiger partial charge on any atom is 0.125 e. The third kappa shape index (κ3) is 2.47. The zero-order valence-electron chi connectivity index (χ0n) is 10.3. The highest BCUT2D eigenvalue weighted by atomic mass is 15.4. The van der Waals surface area contributed by atoms with E-state index in [-0.39, 0.29) is 6.04 Å². The molecule has 0 aliphatic rings. The van der Waals surface area contributed by atoms with E-state index in [1.165, 1.54) is 0 Å². The normalized spacial score (nSPS) is 12.6. The van der Waals surface area contributed by atoms with Crippen LogP contribution in [0.3, 0.4) is 0 Å². The van der Waals surface area contributed by atoms with Gasteiger partial charge in [-0.2, -0.15) is 0 Å². The van der Waals surface area contributed by atoms with Crippen molar-refractivity contribution >= 4 is 0 Å². The van der Waals surface area contributed by atoms with Gasteiger partial charge in [-0.25, -0.2) is 9.97 Å². The van der Waals surface area contributed by atoms with E-state index >= 15 is 0 Å². The molecule has 1 unspecified atom stereocenters. The fourth-order valence-electron chi connectivity index (χ4n) is 1.76. The monoisotopic (exact) mass is 232 g/mol. The molecule has 0 aromatic carbocycles. The Balaban J connectivity index is 2.39. The molecule has 17 heavy (non-hydrogen) atoms. The van der Waals surface area contributed by atoms with Crippen LogP contribution in [-0.4, -0.2) is 31.5 Å². The third-order valence-electron chi connectivity index (χ3n) is 2.55. The number of aryl methyl sites for hydroxylation is 2. The third-order valence-corrected chi connectivity index (χ3v) is 2.55. The van der Waals surface area contributed by atoms with Crippen LogP contribution in [0.1, 0.15) is 30.2 Å². The van der Waals surface area contributed by atoms with E-state index in [9.17, 15) is 0 Å². The lowest BCUT2D eigenvalue weighted by atomic mass is 10.1. The molecule has 0 aliphatic carbocycles. The van der Waals surface area contributed by atoms with Gasteiger partial charge in [0.05, 0.1) is 23.6 Å². The van der Waals surface area contributed by atoms with Crippen LogP contribution < -0.4 is 5.32 Å². The number of nitrogens with one attached hydrogen (secondary N) is 1. The van der Waals surface area contributed by atoms with Gasteiger partial charge >= 0.3 is 0 Å². The molecule has 2 heterocycles. The average molecular weight is 232 g/mol. The first kappa shape index (κ1) is 11.7. The van der Waals surface area contributed by atoms with E-state index in [0.717, 1.165) is 23.8 Å². The van der Waals surface area contributed by atoms with Crippen LogP contribution in [0, 0.1) is 6.92 Å². The molecule has 0 spiro atoms. The van der Waals surface area contributed by atoms with Crippen LogP contribution in [0.2, 0.25) is 0 Å². The molecule has 2 rings (SSSR count). The Hall–Kier alpha value is -1.82. The van der Waals surface area contributed by atoms with Gasteiger partial charge < -0.3 is 5.32 Å². The highest BCUT2D eigenvalue weighted by Gasteiger charge is 2.18. The lowest BCUT2D eigenvalue weighted by Crippen LogP contribution is -2.25. The summed E-state index contributed by atoms with van der Waals surface area (Å²) in [7, 11) is 1.88. The van der Waals surface area contributed by atoms with Gasteiger partial charge in [-0.05, 0) is 19.5 Å². The summed E-state index contributed by atoms with van der Waals surface area (Å²) in [6.07, 6.45) is 3.52. The van der Waals surface area contributed by atoms with Crippen LogP contribution >= 0.6 is 0 Å². The minimum atomic E-state index is 0.00157. The van der Waals surface area contributed by atoms with Crippen molar-refractivity contribution in [3.63, 3.8) is 0 Å². The Morgan fingerprint density at radius 3 is 2.88 bits per heavy atom. The van der Waals surface area contributed by atoms with E-state index < -0.39 is 0 Å². The van der Waals surface area contributed by atoms with Crippen LogP contribution in [0.5, 0.6) is 0 Å². The minimum absolute atomic E-state index is 0.00157. The predicted octanol–water partition coefficient (Wildman–Crippen LogP) is 0.612. The van der Waals surface area contributed by atoms with Crippen LogP contribution in [0.15, 0.2) is 18.5 Å². The van der Waals surface area contributed by atoms with Gasteiger partial charge in [0.1, 0.15) is 5.82 Å². The Morgan fingerprint density at radius 1 is 1.47 bits per heavy atom. The van der Waals surface area contributed by atoms with E-state index in [1.807, 2.05) is 20.0 Å². The van der Waals surface area contributed by atoms with Crippen molar-refractivity contribution in [1.82, 2.24) is 30.3 Å². The summed E-state index contributed by atoms with van der Waals surface area (Å²) in [6.45, 7) is 4.79. The molecule has 6 nitrogen and oxygen atoms in total. The maximum absolute atomic E-state index is 4.45. The van der Waals surface area contributed by atoms with Crippen molar-refractivity contribution in [2.24, 2.45) is 7.05 Å². The van der Waals surface area contributed by atoms with Gasteiger partial charge in [0.2, 0.25) is 0 Å². The van der Waals surface area contributed by atoms with Crippen LogP contribution in [0.4, 0.5) is 0 Å². The second-order valence-electron chi connectivity index (χ2n) is 3.80. The molecule has 1 atom stereocenters. The molecular formula is C11H16N6. The van der Waals surface area contributed by atoms with E-state index in [4.69, 9.17) is 0 Å². The number of nitrogens with zero attached hydrogens (tertiary/aromatic N) is 5. The van der Waals surface area contributed by atoms with Crippen molar-refractivity contribution < 1.29 is 0 Å². The predicted molar refractivity (Wildman–Crippen MR) is 63.3 cm³/mol. The molecule has 0 aliphatic heterocycles. The molecule has 6 heteroatoms. The first-order valence-electron chi connectivity index (χ1n) is 5.60. The van der Waals surface area contributed by atoms with Crippen molar-refractivity contribution in [2.75, 3.05) is 6.54 Å². The van der Waals surface area contributed by atoms with Gasteiger partial charge in [-0.1, -0.05) is 12.1 Å². The first-order chi connectivity index (χ1) is 8.22. The highest BCUT2D eigenvalue weighted by Crippen LogP contribution is 2.18. The Bertz CT molecular complexity index is 492. The molecule has 0 saturated heterocycles. The fourth-order valence-corrected chi connectivity index (χ4v) is 1.76. The van der Waals surface area contributed by atoms with E-state index in [2.05, 4.69) is 32.5 Å². The zero-order chi connectivity index (χ0) is 12.3. The molecule has 90 valence electrons. The summed E-state index contributed by atoms with van der Waals surface area (Å²) >= 11 is 0. The van der Waals surface area contributed by atoms with Gasteiger partial charge in [-0.15, -0.1) is 5.10 Å². The summed E-state index contributed by atoms with van der Waals surface area (Å²) in [5, 5.41) is 11.2. The number of rotatable bonds is 4. The topological polar surface area (TPSA) is 68.5 Å². The second kappa shape index (κ2) is 5.01. The van der Waals surface area contributed by atoms with Crippen molar-refractivity contribution in [3.05, 3.63) is 35.7 Å². The molecule has 0 fully saturated rings. The number of hydrogen-bond acceptors (Lipinski definition) is 5. The number of aromatic nitrogens is 5. The molecule has 2 aromatic heterocycles. The van der Waals surface area contributed by atoms with E-state index in [1.54, 1.807) is 17.1 Å². The average Bonchev–Trinajstić information content (AvgIpc) is 2.72. The molecule has 2 aromatic rings. The summed E-state index contributed by atoms with van der Waals surface area (Å²) in [5.41, 5.74) is 1.93. The minimum Gasteiger partial charge on any atom is -0.304 e. The molecule has 0 bridgehead atoms. The Labute approximate surface area is 100 Å². The van der Waals surface area contributed by atoms with Gasteiger partial charge in [0.15, 0.2) is 0 Å². The fraction of sp³-hybridized carbons (Fsp3) is 0.455. The Kier molecular flexibility index (Phi) is 3.43. The number of hydrogen-bond donors (Lipinski definition) is 1. The van der Waals surface area contributed by atoms with Crippen molar-refractivity contribution in [2.45, 2.75) is 19.9 Å². The van der Waals surface area contributed by atoms with Crippen LogP contribution in [0.25, 0.3) is 0 Å². The summed E-state index contributed by atoms with van der Waals surface area (Å²) in [4.78, 5) is 8.56. The summed E-state index contributed by atoms with van der Waals surface area (Å²) in [5.74, 6) is 0.764. The standard InChI is InChI=1S/C11H16N6/c1-4-12-11(10-7-14-16-17(10)3)9-5-6-13-8(2)15-9/h5-7,11-12H,4H2,1-3H3. The van der Waals surface area contributed by atoms with Gasteiger partial charge in [0.25, 0.3) is 0 Å². The largest absolute Gasteiger partial charge is 0.304 e. The van der Waals surface area contributed by atoms with Gasteiger partial charge in [-0.3, -0.25) is 4.68 Å². The lowest BCUT2D eigenvalue weighted by molar-refractivity contribution is 0.556. The maximum atomic E-state index is 4.45. The second-order valence-corrected chi connectivity index (χ2v) is 3.80. The summed E-state index contributed by atoms with van der Waals surface area (Å²) < 4.78 is 1.75. The molecular weight excluding hydrogens is 216 g/mol. The molecule has 1 N–H and O–H groups in total. The lowest BCUT2D eigenvalue weighted by Gasteiger charge is -2.17. The van der Waals surface area contributed by atoms with Crippen LogP contribution in [-0.2, 0) is 7.05 Å². The Morgan fingerprint density at radius 2 is 2.29 bits per heavy atom. The molecule has 0 radical (unpaired) electrons. The van der Waals surface area contributed by atoms with Crippen molar-refractivity contribution in [3.8, 4) is 0 Å². The summed E-state index contributed by atoms with van der Waals surface area (Å²) in [6, 6.07) is 1.91. The first-order valence-corrected chi connectivity index (χ1v) is 5.60. The SMILES string of the molecule is CCNC(c1ccnc(C)n1)c1cnnn1C. The van der Waals surface area contributed by atoms with Crippen molar-refractivity contribution in [1.29, 1.82) is 0 Å². The molecule has 0 saturated carbocycles. The highest BCUT2D eigenvalue weighted by molar-refractivity contribution is 5.19. The quantitative estimate of drug-likeness (QED) is 0.836. The van der Waals surface area contributed by atoms with E-state index in [0.29, 0.717) is 0 Å². The smallest absolute Gasteiger partial charge is 0.125 e. The molecule has 0 amide bonds.